The van der Waals surface area contributed by atoms with Crippen LogP contribution in [-0.4, -0.2) is 35.7 Å². The number of nitrogens with zero attached hydrogens (tertiary/aromatic N) is 3. The molecule has 4 rings (SSSR count). The molecule has 3 aromatic rings. The van der Waals surface area contributed by atoms with Crippen molar-refractivity contribution < 1.29 is 18.7 Å². The van der Waals surface area contributed by atoms with E-state index >= 15 is 0 Å². The first kappa shape index (κ1) is 21.9. The zero-order chi connectivity index (χ0) is 23.2. The highest BCUT2D eigenvalue weighted by Crippen LogP contribution is 2.28. The van der Waals surface area contributed by atoms with E-state index in [1.807, 2.05) is 6.08 Å². The molecule has 2 aromatic heterocycles. The Balaban J connectivity index is 1.47. The van der Waals surface area contributed by atoms with Crippen LogP contribution in [0.5, 0.6) is 17.4 Å². The smallest absolute Gasteiger partial charge is 0.251 e. The van der Waals surface area contributed by atoms with Crippen LogP contribution < -0.4 is 20.1 Å². The number of amides is 1. The molecule has 0 spiro atoms. The number of anilines is 1. The Morgan fingerprint density at radius 1 is 1.21 bits per heavy atom. The fourth-order valence-corrected chi connectivity index (χ4v) is 3.28. The summed E-state index contributed by atoms with van der Waals surface area (Å²) < 4.78 is 24.7. The molecule has 3 heterocycles. The molecule has 0 bridgehead atoms. The van der Waals surface area contributed by atoms with Gasteiger partial charge in [0, 0.05) is 41.7 Å². The van der Waals surface area contributed by atoms with E-state index in [2.05, 4.69) is 25.6 Å². The van der Waals surface area contributed by atoms with Crippen molar-refractivity contribution in [2.75, 3.05) is 19.0 Å². The Labute approximate surface area is 190 Å². The predicted molar refractivity (Wildman–Crippen MR) is 122 cm³/mol. The van der Waals surface area contributed by atoms with E-state index in [9.17, 15) is 9.18 Å². The lowest BCUT2D eigenvalue weighted by Crippen LogP contribution is -2.24. The van der Waals surface area contributed by atoms with E-state index in [-0.39, 0.29) is 18.3 Å². The molecule has 0 radical (unpaired) electrons. The first-order valence-electron chi connectivity index (χ1n) is 10.2. The number of benzene rings is 1. The molecule has 1 amide bonds. The molecular weight excluding hydrogens is 425 g/mol. The van der Waals surface area contributed by atoms with Crippen LogP contribution in [0.1, 0.15) is 21.5 Å². The van der Waals surface area contributed by atoms with Crippen LogP contribution in [0.25, 0.3) is 0 Å². The van der Waals surface area contributed by atoms with Crippen molar-refractivity contribution in [3.63, 3.8) is 0 Å². The maximum absolute atomic E-state index is 13.5. The van der Waals surface area contributed by atoms with Crippen molar-refractivity contribution in [3.8, 4) is 17.4 Å². The van der Waals surface area contributed by atoms with Crippen molar-refractivity contribution in [2.24, 2.45) is 4.99 Å². The van der Waals surface area contributed by atoms with Crippen molar-refractivity contribution >= 4 is 17.9 Å². The van der Waals surface area contributed by atoms with E-state index in [1.54, 1.807) is 49.7 Å². The molecule has 0 atom stereocenters. The molecule has 0 saturated heterocycles. The molecule has 8 nitrogen and oxygen atoms in total. The van der Waals surface area contributed by atoms with Crippen LogP contribution in [0, 0.1) is 12.7 Å². The van der Waals surface area contributed by atoms with Gasteiger partial charge in [-0.25, -0.2) is 14.4 Å². The lowest BCUT2D eigenvalue weighted by atomic mass is 10.1. The van der Waals surface area contributed by atoms with Gasteiger partial charge < -0.3 is 20.1 Å². The van der Waals surface area contributed by atoms with Gasteiger partial charge in [-0.05, 0) is 37.3 Å². The van der Waals surface area contributed by atoms with Gasteiger partial charge >= 0.3 is 0 Å². The molecule has 0 saturated carbocycles. The number of aromatic nitrogens is 2. The van der Waals surface area contributed by atoms with Crippen LogP contribution in [0.2, 0.25) is 0 Å². The normalized spacial score (nSPS) is 12.3. The SMILES string of the molecule is COc1ncc(F)cc1CNC(=O)c1cccc(Oc2ccnc(NC3=CCN=C3)c2)c1C. The third-order valence-electron chi connectivity index (χ3n) is 4.93. The Hall–Kier alpha value is -4.27. The van der Waals surface area contributed by atoms with Crippen molar-refractivity contribution in [1.29, 1.82) is 0 Å². The molecule has 1 aliphatic heterocycles. The molecule has 9 heteroatoms. The maximum atomic E-state index is 13.5. The van der Waals surface area contributed by atoms with Crippen molar-refractivity contribution in [2.45, 2.75) is 13.5 Å². The highest BCUT2D eigenvalue weighted by atomic mass is 19.1. The molecule has 2 N–H and O–H groups in total. The summed E-state index contributed by atoms with van der Waals surface area (Å²) in [7, 11) is 1.44. The Bertz CT molecular complexity index is 1240. The number of pyridine rings is 2. The van der Waals surface area contributed by atoms with E-state index in [0.29, 0.717) is 40.6 Å². The molecule has 0 aliphatic carbocycles. The summed E-state index contributed by atoms with van der Waals surface area (Å²) in [5.74, 6) is 1.15. The second kappa shape index (κ2) is 9.90. The van der Waals surface area contributed by atoms with Gasteiger partial charge in [-0.3, -0.25) is 9.79 Å². The number of carbonyl (C=O) groups is 1. The molecule has 1 aromatic carbocycles. The zero-order valence-electron chi connectivity index (χ0n) is 18.1. The number of methoxy groups -OCH3 is 1. The summed E-state index contributed by atoms with van der Waals surface area (Å²) in [6.45, 7) is 2.51. The van der Waals surface area contributed by atoms with Gasteiger partial charge in [0.25, 0.3) is 5.91 Å². The number of hydrogen-bond donors (Lipinski definition) is 2. The van der Waals surface area contributed by atoms with Crippen LogP contribution in [0.3, 0.4) is 0 Å². The Morgan fingerprint density at radius 2 is 2.09 bits per heavy atom. The van der Waals surface area contributed by atoms with Crippen LogP contribution in [-0.2, 0) is 6.54 Å². The van der Waals surface area contributed by atoms with Crippen molar-refractivity contribution in [1.82, 2.24) is 15.3 Å². The van der Waals surface area contributed by atoms with Gasteiger partial charge in [0.15, 0.2) is 0 Å². The summed E-state index contributed by atoms with van der Waals surface area (Å²) in [6.07, 6.45) is 6.40. The first-order chi connectivity index (χ1) is 16.0. The Kier molecular flexibility index (Phi) is 6.58. The van der Waals surface area contributed by atoms with E-state index in [0.717, 1.165) is 11.9 Å². The molecular formula is C24H22FN5O3. The van der Waals surface area contributed by atoms with Crippen molar-refractivity contribution in [3.05, 3.63) is 83.1 Å². The van der Waals surface area contributed by atoms with Gasteiger partial charge in [-0.15, -0.1) is 0 Å². The fourth-order valence-electron chi connectivity index (χ4n) is 3.28. The Morgan fingerprint density at radius 3 is 2.88 bits per heavy atom. The lowest BCUT2D eigenvalue weighted by molar-refractivity contribution is 0.0949. The second-order valence-corrected chi connectivity index (χ2v) is 7.19. The van der Waals surface area contributed by atoms with Gasteiger partial charge in [-0.1, -0.05) is 6.07 Å². The standard InChI is InChI=1S/C24H22FN5O3/c1-15-20(23(31)28-12-16-10-17(25)13-29-24(16)32-2)4-3-5-21(15)33-19-7-9-27-22(11-19)30-18-6-8-26-14-18/h3-7,9-11,13-14H,8,12H2,1-2H3,(H,27,30)(H,28,31). The molecule has 0 fully saturated rings. The monoisotopic (exact) mass is 447 g/mol. The summed E-state index contributed by atoms with van der Waals surface area (Å²) >= 11 is 0. The average molecular weight is 447 g/mol. The quantitative estimate of drug-likeness (QED) is 0.541. The first-order valence-corrected chi connectivity index (χ1v) is 10.2. The van der Waals surface area contributed by atoms with Crippen LogP contribution in [0.4, 0.5) is 10.2 Å². The largest absolute Gasteiger partial charge is 0.481 e. The average Bonchev–Trinajstić information content (AvgIpc) is 3.32. The topological polar surface area (TPSA) is 97.7 Å². The predicted octanol–water partition coefficient (Wildman–Crippen LogP) is 4.04. The fraction of sp³-hybridized carbons (Fsp3) is 0.167. The summed E-state index contributed by atoms with van der Waals surface area (Å²) in [6, 6.07) is 10.00. The second-order valence-electron chi connectivity index (χ2n) is 7.19. The van der Waals surface area contributed by atoms with Gasteiger partial charge in [0.1, 0.15) is 23.1 Å². The summed E-state index contributed by atoms with van der Waals surface area (Å²) in [5.41, 5.74) is 2.42. The number of aliphatic imine (C=N–C) groups is 1. The number of rotatable bonds is 8. The number of allylic oxidation sites excluding steroid dienone is 1. The number of nitrogens with one attached hydrogen (secondary N) is 2. The van der Waals surface area contributed by atoms with Gasteiger partial charge in [-0.2, -0.15) is 0 Å². The number of halogens is 1. The number of hydrogen-bond acceptors (Lipinski definition) is 7. The summed E-state index contributed by atoms with van der Waals surface area (Å²) in [5, 5.41) is 5.95. The molecule has 0 unspecified atom stereocenters. The molecule has 33 heavy (non-hydrogen) atoms. The number of ether oxygens (including phenoxy) is 2. The minimum absolute atomic E-state index is 0.0653. The highest BCUT2D eigenvalue weighted by molar-refractivity contribution is 5.96. The summed E-state index contributed by atoms with van der Waals surface area (Å²) in [4.78, 5) is 25.1. The molecule has 1 aliphatic rings. The minimum atomic E-state index is -0.505. The minimum Gasteiger partial charge on any atom is -0.481 e. The van der Waals surface area contributed by atoms with Gasteiger partial charge in [0.2, 0.25) is 5.88 Å². The third kappa shape index (κ3) is 5.32. The van der Waals surface area contributed by atoms with Crippen LogP contribution in [0.15, 0.2) is 65.6 Å². The lowest BCUT2D eigenvalue weighted by Gasteiger charge is -2.14. The van der Waals surface area contributed by atoms with E-state index < -0.39 is 5.82 Å². The van der Waals surface area contributed by atoms with E-state index in [1.165, 1.54) is 13.2 Å². The van der Waals surface area contributed by atoms with E-state index in [4.69, 9.17) is 9.47 Å². The van der Waals surface area contributed by atoms with Gasteiger partial charge in [0.05, 0.1) is 25.5 Å². The van der Waals surface area contributed by atoms with Crippen LogP contribution >= 0.6 is 0 Å². The maximum Gasteiger partial charge on any atom is 0.251 e. The zero-order valence-corrected chi connectivity index (χ0v) is 18.1. The third-order valence-corrected chi connectivity index (χ3v) is 4.93. The molecule has 168 valence electrons. The number of carbonyl (C=O) groups excluding carboxylic acids is 1. The highest BCUT2D eigenvalue weighted by Gasteiger charge is 2.15.